The maximum Gasteiger partial charge on any atom is 0.314 e. The van der Waals surface area contributed by atoms with Crippen LogP contribution >= 0.6 is 0 Å². The first-order valence-electron chi connectivity index (χ1n) is 12.4. The number of aryl methyl sites for hydroxylation is 2. The summed E-state index contributed by atoms with van der Waals surface area (Å²) in [5, 5.41) is 3.17. The van der Waals surface area contributed by atoms with Crippen LogP contribution in [0.4, 0.5) is 5.69 Å². The smallest absolute Gasteiger partial charge is 0.314 e. The highest BCUT2D eigenvalue weighted by Crippen LogP contribution is 2.30. The second kappa shape index (κ2) is 10.5. The third-order valence-corrected chi connectivity index (χ3v) is 7.30. The van der Waals surface area contributed by atoms with E-state index in [4.69, 9.17) is 4.74 Å². The molecule has 1 heterocycles. The predicted octanol–water partition coefficient (Wildman–Crippen LogP) is 5.15. The summed E-state index contributed by atoms with van der Waals surface area (Å²) in [5.74, 6) is -0.198. The van der Waals surface area contributed by atoms with Crippen LogP contribution in [0.1, 0.15) is 55.2 Å². The standard InChI is InChI=1S/C28H36N2O3/c1-21-10-8-11-22(2)27(21)29-26(31)20-30(18-23-12-4-3-5-13-23)17-9-14-24(19-30)28(32)33-25-15-6-7-16-25/h3-5,8,10-13,24-25H,6-7,9,14-20H2,1-2H3/p+1. The van der Waals surface area contributed by atoms with E-state index in [0.717, 1.165) is 68.4 Å². The molecule has 33 heavy (non-hydrogen) atoms. The lowest BCUT2D eigenvalue weighted by atomic mass is 9.94. The SMILES string of the molecule is Cc1cccc(C)c1NC(=O)C[N+]1(Cc2ccccc2)CCCC(C(=O)OC2CCCC2)C1. The van der Waals surface area contributed by atoms with Gasteiger partial charge < -0.3 is 14.5 Å². The molecule has 1 aliphatic carbocycles. The number of benzene rings is 2. The molecule has 0 bridgehead atoms. The van der Waals surface area contributed by atoms with Gasteiger partial charge in [-0.1, -0.05) is 48.5 Å². The van der Waals surface area contributed by atoms with Gasteiger partial charge in [0.1, 0.15) is 18.6 Å². The minimum Gasteiger partial charge on any atom is -0.462 e. The summed E-state index contributed by atoms with van der Waals surface area (Å²) in [7, 11) is 0. The number of anilines is 1. The maximum absolute atomic E-state index is 13.3. The van der Waals surface area contributed by atoms with Crippen LogP contribution in [-0.4, -0.2) is 42.1 Å². The number of esters is 1. The fourth-order valence-corrected chi connectivity index (χ4v) is 5.59. The summed E-state index contributed by atoms with van der Waals surface area (Å²) in [5.41, 5.74) is 4.22. The Morgan fingerprint density at radius 2 is 1.64 bits per heavy atom. The number of carbonyl (C=O) groups excluding carboxylic acids is 2. The number of amides is 1. The maximum atomic E-state index is 13.3. The number of nitrogens with one attached hydrogen (secondary N) is 1. The summed E-state index contributed by atoms with van der Waals surface area (Å²) in [6.07, 6.45) is 6.13. The van der Waals surface area contributed by atoms with Gasteiger partial charge in [0.15, 0.2) is 6.54 Å². The highest BCUT2D eigenvalue weighted by Gasteiger charge is 2.41. The van der Waals surface area contributed by atoms with Gasteiger partial charge in [0.25, 0.3) is 5.91 Å². The Kier molecular flexibility index (Phi) is 7.49. The molecule has 2 fully saturated rings. The van der Waals surface area contributed by atoms with E-state index in [-0.39, 0.29) is 23.9 Å². The molecule has 1 N–H and O–H groups in total. The highest BCUT2D eigenvalue weighted by molar-refractivity contribution is 5.93. The van der Waals surface area contributed by atoms with Crippen molar-refractivity contribution in [2.24, 2.45) is 5.92 Å². The van der Waals surface area contributed by atoms with Gasteiger partial charge in [-0.3, -0.25) is 9.59 Å². The van der Waals surface area contributed by atoms with Gasteiger partial charge in [-0.2, -0.15) is 0 Å². The second-order valence-electron chi connectivity index (χ2n) is 10.0. The molecule has 2 aromatic rings. The van der Waals surface area contributed by atoms with Gasteiger partial charge in [0.05, 0.1) is 13.1 Å². The number of carbonyl (C=O) groups is 2. The van der Waals surface area contributed by atoms with E-state index in [9.17, 15) is 9.59 Å². The summed E-state index contributed by atoms with van der Waals surface area (Å²) >= 11 is 0. The lowest BCUT2D eigenvalue weighted by molar-refractivity contribution is -0.940. The van der Waals surface area contributed by atoms with Crippen molar-refractivity contribution in [1.82, 2.24) is 0 Å². The predicted molar refractivity (Wildman–Crippen MR) is 131 cm³/mol. The van der Waals surface area contributed by atoms with Crippen molar-refractivity contribution in [3.05, 3.63) is 65.2 Å². The molecular weight excluding hydrogens is 412 g/mol. The van der Waals surface area contributed by atoms with E-state index in [1.807, 2.05) is 50.2 Å². The zero-order valence-corrected chi connectivity index (χ0v) is 20.0. The molecular formula is C28H37N2O3+. The molecule has 1 saturated heterocycles. The van der Waals surface area contributed by atoms with Crippen molar-refractivity contribution < 1.29 is 18.8 Å². The fourth-order valence-electron chi connectivity index (χ4n) is 5.59. The van der Waals surface area contributed by atoms with E-state index < -0.39 is 0 Å². The van der Waals surface area contributed by atoms with E-state index >= 15 is 0 Å². The number of likely N-dealkylation sites (tertiary alicyclic amines) is 1. The first kappa shape index (κ1) is 23.5. The normalized spacial score (nSPS) is 23.3. The number of piperidine rings is 1. The number of hydrogen-bond donors (Lipinski definition) is 1. The molecule has 2 aliphatic rings. The Hall–Kier alpha value is -2.66. The number of para-hydroxylation sites is 1. The molecule has 0 aromatic heterocycles. The molecule has 4 rings (SSSR count). The molecule has 1 aliphatic heterocycles. The Labute approximate surface area is 197 Å². The van der Waals surface area contributed by atoms with Gasteiger partial charge in [0, 0.05) is 11.3 Å². The second-order valence-corrected chi connectivity index (χ2v) is 10.0. The first-order valence-corrected chi connectivity index (χ1v) is 12.4. The minimum absolute atomic E-state index is 0.00754. The van der Waals surface area contributed by atoms with Crippen LogP contribution in [0.3, 0.4) is 0 Å². The Morgan fingerprint density at radius 3 is 2.33 bits per heavy atom. The van der Waals surface area contributed by atoms with E-state index in [0.29, 0.717) is 17.6 Å². The molecule has 2 aromatic carbocycles. The van der Waals surface area contributed by atoms with Crippen LogP contribution in [0, 0.1) is 19.8 Å². The molecule has 0 radical (unpaired) electrons. The van der Waals surface area contributed by atoms with Crippen LogP contribution in [0.25, 0.3) is 0 Å². The number of nitrogens with zero attached hydrogens (tertiary/aromatic N) is 1. The molecule has 2 atom stereocenters. The van der Waals surface area contributed by atoms with Crippen molar-refractivity contribution in [3.8, 4) is 0 Å². The molecule has 176 valence electrons. The topological polar surface area (TPSA) is 55.4 Å². The summed E-state index contributed by atoms with van der Waals surface area (Å²) in [4.78, 5) is 26.3. The Bertz CT molecular complexity index is 948. The van der Waals surface area contributed by atoms with Gasteiger partial charge in [0.2, 0.25) is 0 Å². The van der Waals surface area contributed by atoms with Crippen molar-refractivity contribution >= 4 is 17.6 Å². The van der Waals surface area contributed by atoms with E-state index in [1.54, 1.807) is 0 Å². The van der Waals surface area contributed by atoms with Gasteiger partial charge in [-0.15, -0.1) is 0 Å². The number of hydrogen-bond acceptors (Lipinski definition) is 3. The molecule has 1 amide bonds. The van der Waals surface area contributed by atoms with Crippen molar-refractivity contribution in [2.75, 3.05) is 25.0 Å². The summed E-state index contributed by atoms with van der Waals surface area (Å²) in [6, 6.07) is 16.4. The van der Waals surface area contributed by atoms with Crippen molar-refractivity contribution in [1.29, 1.82) is 0 Å². The Balaban J connectivity index is 1.51. The third-order valence-electron chi connectivity index (χ3n) is 7.30. The van der Waals surface area contributed by atoms with Crippen LogP contribution < -0.4 is 5.32 Å². The molecule has 5 nitrogen and oxygen atoms in total. The molecule has 5 heteroatoms. The Morgan fingerprint density at radius 1 is 0.939 bits per heavy atom. The van der Waals surface area contributed by atoms with Gasteiger partial charge >= 0.3 is 5.97 Å². The van der Waals surface area contributed by atoms with Crippen LogP contribution in [0.5, 0.6) is 0 Å². The van der Waals surface area contributed by atoms with Crippen molar-refractivity contribution in [3.63, 3.8) is 0 Å². The minimum atomic E-state index is -0.143. The molecule has 1 saturated carbocycles. The monoisotopic (exact) mass is 449 g/mol. The lowest BCUT2D eigenvalue weighted by Gasteiger charge is -2.43. The number of ether oxygens (including phenoxy) is 1. The molecule has 0 spiro atoms. The number of rotatable bonds is 7. The van der Waals surface area contributed by atoms with Crippen LogP contribution in [0.2, 0.25) is 0 Å². The largest absolute Gasteiger partial charge is 0.462 e. The first-order chi connectivity index (χ1) is 15.9. The zero-order valence-electron chi connectivity index (χ0n) is 20.0. The fraction of sp³-hybridized carbons (Fsp3) is 0.500. The zero-order chi connectivity index (χ0) is 23.3. The van der Waals surface area contributed by atoms with Crippen molar-refractivity contribution in [2.45, 2.75) is 65.0 Å². The molecule has 2 unspecified atom stereocenters. The summed E-state index contributed by atoms with van der Waals surface area (Å²) in [6.45, 7) is 6.69. The lowest BCUT2D eigenvalue weighted by Crippen LogP contribution is -2.58. The average molecular weight is 450 g/mol. The quantitative estimate of drug-likeness (QED) is 0.470. The average Bonchev–Trinajstić information content (AvgIpc) is 3.30. The van der Waals surface area contributed by atoms with E-state index in [1.165, 1.54) is 5.56 Å². The van der Waals surface area contributed by atoms with E-state index in [2.05, 4.69) is 17.4 Å². The van der Waals surface area contributed by atoms with Crippen LogP contribution in [-0.2, 0) is 20.9 Å². The van der Waals surface area contributed by atoms with Crippen LogP contribution in [0.15, 0.2) is 48.5 Å². The van der Waals surface area contributed by atoms with Gasteiger partial charge in [-0.05, 0) is 63.5 Å². The third kappa shape index (κ3) is 6.02. The highest BCUT2D eigenvalue weighted by atomic mass is 16.5. The van der Waals surface area contributed by atoms with Gasteiger partial charge in [-0.25, -0.2) is 0 Å². The summed E-state index contributed by atoms with van der Waals surface area (Å²) < 4.78 is 6.47. The number of quaternary nitrogens is 1.